The van der Waals surface area contributed by atoms with Gasteiger partial charge in [-0.15, -0.1) is 0 Å². The molecule has 0 saturated carbocycles. The second-order valence-corrected chi connectivity index (χ2v) is 5.50. The minimum atomic E-state index is 0.469. The Morgan fingerprint density at radius 3 is 2.84 bits per heavy atom. The zero-order valence-corrected chi connectivity index (χ0v) is 11.9. The van der Waals surface area contributed by atoms with Gasteiger partial charge in [-0.2, -0.15) is 5.10 Å². The summed E-state index contributed by atoms with van der Waals surface area (Å²) in [6.45, 7) is 5.44. The Labute approximate surface area is 114 Å². The molecule has 3 heteroatoms. The number of aryl methyl sites for hydroxylation is 2. The van der Waals surface area contributed by atoms with Crippen LogP contribution in [0.15, 0.2) is 24.3 Å². The van der Waals surface area contributed by atoms with Crippen LogP contribution in [-0.2, 0) is 7.05 Å². The molecule has 1 aromatic carbocycles. The van der Waals surface area contributed by atoms with Crippen molar-refractivity contribution >= 4 is 0 Å². The van der Waals surface area contributed by atoms with Crippen molar-refractivity contribution in [3.05, 3.63) is 41.1 Å². The van der Waals surface area contributed by atoms with Crippen LogP contribution in [-0.4, -0.2) is 16.3 Å². The van der Waals surface area contributed by atoms with Gasteiger partial charge >= 0.3 is 0 Å². The lowest BCUT2D eigenvalue weighted by Gasteiger charge is -2.11. The van der Waals surface area contributed by atoms with Crippen molar-refractivity contribution in [2.75, 3.05) is 6.54 Å². The molecular formula is C16H21N3. The highest BCUT2D eigenvalue weighted by Crippen LogP contribution is 2.31. The van der Waals surface area contributed by atoms with Crippen LogP contribution in [0.1, 0.15) is 35.7 Å². The zero-order chi connectivity index (χ0) is 13.4. The lowest BCUT2D eigenvalue weighted by atomic mass is 10.0. The maximum Gasteiger partial charge on any atom is 0.0955 e. The maximum absolute atomic E-state index is 4.74. The van der Waals surface area contributed by atoms with Crippen LogP contribution in [0.2, 0.25) is 0 Å². The first-order valence-electron chi connectivity index (χ1n) is 7.00. The monoisotopic (exact) mass is 255 g/mol. The molecule has 1 saturated heterocycles. The first kappa shape index (κ1) is 12.4. The molecule has 2 heterocycles. The zero-order valence-electron chi connectivity index (χ0n) is 11.9. The SMILES string of the molecule is Cc1cccc(-c2nn(C)c(C3CCCN3)c2C)c1. The molecule has 100 valence electrons. The lowest BCUT2D eigenvalue weighted by Crippen LogP contribution is -2.17. The van der Waals surface area contributed by atoms with Crippen LogP contribution < -0.4 is 5.32 Å². The van der Waals surface area contributed by atoms with Crippen LogP contribution in [0.4, 0.5) is 0 Å². The summed E-state index contributed by atoms with van der Waals surface area (Å²) in [5.41, 5.74) is 6.27. The smallest absolute Gasteiger partial charge is 0.0955 e. The van der Waals surface area contributed by atoms with Crippen molar-refractivity contribution in [1.82, 2.24) is 15.1 Å². The second-order valence-electron chi connectivity index (χ2n) is 5.50. The number of benzene rings is 1. The third kappa shape index (κ3) is 2.19. The molecule has 3 rings (SSSR count). The van der Waals surface area contributed by atoms with E-state index in [0.29, 0.717) is 6.04 Å². The van der Waals surface area contributed by atoms with Crippen molar-refractivity contribution < 1.29 is 0 Å². The normalized spacial score (nSPS) is 19.0. The summed E-state index contributed by atoms with van der Waals surface area (Å²) in [4.78, 5) is 0. The Morgan fingerprint density at radius 1 is 1.32 bits per heavy atom. The van der Waals surface area contributed by atoms with E-state index in [4.69, 9.17) is 5.10 Å². The van der Waals surface area contributed by atoms with Gasteiger partial charge in [0.2, 0.25) is 0 Å². The fourth-order valence-corrected chi connectivity index (χ4v) is 3.11. The predicted molar refractivity (Wildman–Crippen MR) is 78.1 cm³/mol. The van der Waals surface area contributed by atoms with E-state index in [9.17, 15) is 0 Å². The summed E-state index contributed by atoms with van der Waals surface area (Å²) < 4.78 is 2.05. The van der Waals surface area contributed by atoms with Gasteiger partial charge in [0.25, 0.3) is 0 Å². The summed E-state index contributed by atoms with van der Waals surface area (Å²) in [5, 5.41) is 8.31. The number of aromatic nitrogens is 2. The first-order chi connectivity index (χ1) is 9.16. The largest absolute Gasteiger partial charge is 0.309 e. The van der Waals surface area contributed by atoms with Gasteiger partial charge in [-0.25, -0.2) is 0 Å². The summed E-state index contributed by atoms with van der Waals surface area (Å²) in [7, 11) is 2.06. The number of nitrogens with zero attached hydrogens (tertiary/aromatic N) is 2. The third-order valence-corrected chi connectivity index (χ3v) is 4.02. The molecule has 1 atom stereocenters. The van der Waals surface area contributed by atoms with Gasteiger partial charge < -0.3 is 5.32 Å². The van der Waals surface area contributed by atoms with E-state index in [1.54, 1.807) is 0 Å². The number of rotatable bonds is 2. The van der Waals surface area contributed by atoms with Gasteiger partial charge in [-0.3, -0.25) is 4.68 Å². The maximum atomic E-state index is 4.74. The Bertz CT molecular complexity index is 592. The minimum absolute atomic E-state index is 0.469. The highest BCUT2D eigenvalue weighted by Gasteiger charge is 2.24. The lowest BCUT2D eigenvalue weighted by molar-refractivity contribution is 0.571. The molecule has 0 bridgehead atoms. The van der Waals surface area contributed by atoms with E-state index in [2.05, 4.69) is 55.2 Å². The van der Waals surface area contributed by atoms with Crippen molar-refractivity contribution in [2.24, 2.45) is 7.05 Å². The van der Waals surface area contributed by atoms with Crippen molar-refractivity contribution in [2.45, 2.75) is 32.7 Å². The van der Waals surface area contributed by atoms with Gasteiger partial charge in [0.1, 0.15) is 0 Å². The van der Waals surface area contributed by atoms with E-state index in [0.717, 1.165) is 12.2 Å². The van der Waals surface area contributed by atoms with Crippen molar-refractivity contribution in [1.29, 1.82) is 0 Å². The number of nitrogens with one attached hydrogen (secondary N) is 1. The van der Waals surface area contributed by atoms with Crippen LogP contribution in [0, 0.1) is 13.8 Å². The van der Waals surface area contributed by atoms with Gasteiger partial charge in [-0.1, -0.05) is 23.8 Å². The van der Waals surface area contributed by atoms with Gasteiger partial charge in [-0.05, 0) is 44.9 Å². The fraction of sp³-hybridized carbons (Fsp3) is 0.438. The third-order valence-electron chi connectivity index (χ3n) is 4.02. The molecular weight excluding hydrogens is 234 g/mol. The molecule has 0 aliphatic carbocycles. The van der Waals surface area contributed by atoms with Crippen LogP contribution >= 0.6 is 0 Å². The number of hydrogen-bond acceptors (Lipinski definition) is 2. The minimum Gasteiger partial charge on any atom is -0.309 e. The topological polar surface area (TPSA) is 29.9 Å². The first-order valence-corrected chi connectivity index (χ1v) is 7.00. The highest BCUT2D eigenvalue weighted by atomic mass is 15.3. The molecule has 1 fully saturated rings. The summed E-state index contributed by atoms with van der Waals surface area (Å²) in [6, 6.07) is 9.05. The van der Waals surface area contributed by atoms with Gasteiger partial charge in [0.15, 0.2) is 0 Å². The van der Waals surface area contributed by atoms with Crippen LogP contribution in [0.3, 0.4) is 0 Å². The molecule has 0 spiro atoms. The van der Waals surface area contributed by atoms with Gasteiger partial charge in [0, 0.05) is 18.7 Å². The highest BCUT2D eigenvalue weighted by molar-refractivity contribution is 5.64. The molecule has 19 heavy (non-hydrogen) atoms. The molecule has 0 amide bonds. The molecule has 1 aliphatic rings. The predicted octanol–water partition coefficient (Wildman–Crippen LogP) is 3.13. The quantitative estimate of drug-likeness (QED) is 0.893. The Balaban J connectivity index is 2.06. The average molecular weight is 255 g/mol. The second kappa shape index (κ2) is 4.82. The summed E-state index contributed by atoms with van der Waals surface area (Å²) in [6.07, 6.45) is 2.47. The Kier molecular flexibility index (Phi) is 3.15. The molecule has 1 aliphatic heterocycles. The van der Waals surface area contributed by atoms with Crippen molar-refractivity contribution in [3.63, 3.8) is 0 Å². The molecule has 1 N–H and O–H groups in total. The number of hydrogen-bond donors (Lipinski definition) is 1. The average Bonchev–Trinajstić information content (AvgIpc) is 2.98. The van der Waals surface area contributed by atoms with E-state index in [-0.39, 0.29) is 0 Å². The Hall–Kier alpha value is -1.61. The molecule has 1 unspecified atom stereocenters. The van der Waals surface area contributed by atoms with E-state index in [1.165, 1.54) is 35.2 Å². The molecule has 3 nitrogen and oxygen atoms in total. The molecule has 1 aromatic heterocycles. The van der Waals surface area contributed by atoms with E-state index < -0.39 is 0 Å². The van der Waals surface area contributed by atoms with Crippen LogP contribution in [0.5, 0.6) is 0 Å². The Morgan fingerprint density at radius 2 is 2.16 bits per heavy atom. The van der Waals surface area contributed by atoms with E-state index in [1.807, 2.05) is 0 Å². The molecule has 0 radical (unpaired) electrons. The summed E-state index contributed by atoms with van der Waals surface area (Å²) >= 11 is 0. The van der Waals surface area contributed by atoms with E-state index >= 15 is 0 Å². The van der Waals surface area contributed by atoms with Crippen LogP contribution in [0.25, 0.3) is 11.3 Å². The summed E-state index contributed by atoms with van der Waals surface area (Å²) in [5.74, 6) is 0. The van der Waals surface area contributed by atoms with Gasteiger partial charge in [0.05, 0.1) is 11.4 Å². The van der Waals surface area contributed by atoms with Crippen molar-refractivity contribution in [3.8, 4) is 11.3 Å². The fourth-order valence-electron chi connectivity index (χ4n) is 3.11. The standard InChI is InChI=1S/C16H21N3/c1-11-6-4-7-13(10-11)15-12(2)16(19(3)18-15)14-8-5-9-17-14/h4,6-7,10,14,17H,5,8-9H2,1-3H3. The molecule has 2 aromatic rings.